The summed E-state index contributed by atoms with van der Waals surface area (Å²) >= 11 is 0. The van der Waals surface area contributed by atoms with Gasteiger partial charge in [-0.15, -0.1) is 5.10 Å². The van der Waals surface area contributed by atoms with Crippen molar-refractivity contribution in [3.63, 3.8) is 0 Å². The van der Waals surface area contributed by atoms with E-state index >= 15 is 0 Å². The number of H-pyrrole nitrogens is 1. The molecule has 3 aromatic rings. The molecular weight excluding hydrogens is 400 g/mol. The normalized spacial score (nSPS) is 16.4. The molecule has 1 aliphatic rings. The summed E-state index contributed by atoms with van der Waals surface area (Å²) in [5.41, 5.74) is 1.32. The monoisotopic (exact) mass is 428 g/mol. The minimum Gasteiger partial charge on any atom is -0.497 e. The van der Waals surface area contributed by atoms with Crippen LogP contribution in [0.15, 0.2) is 29.1 Å². The van der Waals surface area contributed by atoms with E-state index in [0.717, 1.165) is 36.2 Å². The van der Waals surface area contributed by atoms with Crippen LogP contribution in [0.2, 0.25) is 0 Å². The smallest absolute Gasteiger partial charge is 0.252 e. The van der Waals surface area contributed by atoms with Gasteiger partial charge >= 0.3 is 0 Å². The predicted octanol–water partition coefficient (Wildman–Crippen LogP) is 1.35. The van der Waals surface area contributed by atoms with Crippen LogP contribution >= 0.6 is 0 Å². The second kappa shape index (κ2) is 9.99. The van der Waals surface area contributed by atoms with E-state index in [4.69, 9.17) is 14.2 Å². The fourth-order valence-corrected chi connectivity index (χ4v) is 3.86. The van der Waals surface area contributed by atoms with E-state index in [-0.39, 0.29) is 11.7 Å². The molecule has 0 aliphatic carbocycles. The van der Waals surface area contributed by atoms with Crippen molar-refractivity contribution in [3.05, 3.63) is 46.0 Å². The molecule has 4 rings (SSSR count). The zero-order chi connectivity index (χ0) is 21.6. The molecule has 2 aromatic heterocycles. The molecule has 1 saturated heterocycles. The maximum absolute atomic E-state index is 12.8. The Kier molecular flexibility index (Phi) is 6.90. The van der Waals surface area contributed by atoms with Gasteiger partial charge in [-0.05, 0) is 46.9 Å². The number of benzene rings is 1. The number of methoxy groups -OCH3 is 2. The number of pyridine rings is 1. The highest BCUT2D eigenvalue weighted by Crippen LogP contribution is 2.20. The lowest BCUT2D eigenvalue weighted by molar-refractivity contribution is 0.0660. The van der Waals surface area contributed by atoms with Gasteiger partial charge in [0.1, 0.15) is 5.75 Å². The average Bonchev–Trinajstić information content (AvgIpc) is 3.44. The molecule has 1 unspecified atom stereocenters. The number of ether oxygens (including phenoxy) is 3. The van der Waals surface area contributed by atoms with Crippen molar-refractivity contribution in [2.75, 3.05) is 34.0 Å². The Labute approximate surface area is 180 Å². The van der Waals surface area contributed by atoms with E-state index < -0.39 is 0 Å². The van der Waals surface area contributed by atoms with Crippen molar-refractivity contribution in [2.24, 2.45) is 0 Å². The third-order valence-electron chi connectivity index (χ3n) is 5.49. The molecule has 3 heterocycles. The van der Waals surface area contributed by atoms with Crippen molar-refractivity contribution < 1.29 is 14.2 Å². The lowest BCUT2D eigenvalue weighted by atomic mass is 10.1. The number of aromatic nitrogens is 5. The highest BCUT2D eigenvalue weighted by Gasteiger charge is 2.22. The summed E-state index contributed by atoms with van der Waals surface area (Å²) in [6, 6.07) is 7.60. The highest BCUT2D eigenvalue weighted by molar-refractivity contribution is 5.80. The highest BCUT2D eigenvalue weighted by atomic mass is 16.5. The third-order valence-corrected chi connectivity index (χ3v) is 5.49. The van der Waals surface area contributed by atoms with Crippen LogP contribution in [0.4, 0.5) is 0 Å². The van der Waals surface area contributed by atoms with E-state index in [2.05, 4.69) is 25.4 Å². The van der Waals surface area contributed by atoms with Gasteiger partial charge in [-0.1, -0.05) is 0 Å². The first kappa shape index (κ1) is 21.4. The predicted molar refractivity (Wildman–Crippen MR) is 114 cm³/mol. The zero-order valence-electron chi connectivity index (χ0n) is 17.9. The molecule has 0 bridgehead atoms. The first-order valence-electron chi connectivity index (χ1n) is 10.4. The lowest BCUT2D eigenvalue weighted by Crippen LogP contribution is -2.34. The molecule has 1 atom stereocenters. The fraction of sp³-hybridized carbons (Fsp3) is 0.524. The Morgan fingerprint density at radius 1 is 1.29 bits per heavy atom. The number of nitrogens with zero attached hydrogens (tertiary/aromatic N) is 5. The van der Waals surface area contributed by atoms with Gasteiger partial charge in [0.2, 0.25) is 0 Å². The van der Waals surface area contributed by atoms with Gasteiger partial charge in [0.15, 0.2) is 5.82 Å². The van der Waals surface area contributed by atoms with E-state index in [1.807, 2.05) is 24.3 Å². The zero-order valence-corrected chi connectivity index (χ0v) is 17.9. The Morgan fingerprint density at radius 3 is 2.97 bits per heavy atom. The number of rotatable bonds is 10. The third kappa shape index (κ3) is 5.27. The van der Waals surface area contributed by atoms with E-state index in [1.165, 1.54) is 0 Å². The van der Waals surface area contributed by atoms with Gasteiger partial charge in [0.25, 0.3) is 5.56 Å². The maximum atomic E-state index is 12.8. The topological polar surface area (TPSA) is 107 Å². The second-order valence-electron chi connectivity index (χ2n) is 7.69. The minimum atomic E-state index is -0.114. The number of hydrogen-bond acceptors (Lipinski definition) is 8. The van der Waals surface area contributed by atoms with Gasteiger partial charge in [0, 0.05) is 38.4 Å². The first-order chi connectivity index (χ1) is 15.2. The summed E-state index contributed by atoms with van der Waals surface area (Å²) < 4.78 is 18.0. The summed E-state index contributed by atoms with van der Waals surface area (Å²) in [4.78, 5) is 17.9. The average molecular weight is 428 g/mol. The van der Waals surface area contributed by atoms with Crippen LogP contribution < -0.4 is 10.3 Å². The minimum absolute atomic E-state index is 0.114. The van der Waals surface area contributed by atoms with Crippen molar-refractivity contribution in [1.29, 1.82) is 0 Å². The van der Waals surface area contributed by atoms with Gasteiger partial charge in [0.05, 0.1) is 38.4 Å². The van der Waals surface area contributed by atoms with Crippen molar-refractivity contribution in [2.45, 2.75) is 38.6 Å². The number of fused-ring (bicyclic) bond motifs is 1. The molecule has 0 spiro atoms. The molecule has 166 valence electrons. The second-order valence-corrected chi connectivity index (χ2v) is 7.69. The maximum Gasteiger partial charge on any atom is 0.252 e. The van der Waals surface area contributed by atoms with E-state index in [9.17, 15) is 4.79 Å². The Morgan fingerprint density at radius 2 is 2.19 bits per heavy atom. The standard InChI is InChI=1S/C21H28N6O4/c1-29-9-7-27-20(23-24-25-27)14-26(13-18-4-3-8-31-18)12-16-10-15-5-6-17(30-2)11-19(15)22-21(16)28/h5-6,10-11,18H,3-4,7-9,12-14H2,1-2H3,(H,22,28). The number of nitrogens with one attached hydrogen (secondary N) is 1. The van der Waals surface area contributed by atoms with E-state index in [0.29, 0.717) is 44.1 Å². The van der Waals surface area contributed by atoms with Crippen molar-refractivity contribution >= 4 is 10.9 Å². The molecule has 0 radical (unpaired) electrons. The van der Waals surface area contributed by atoms with E-state index in [1.54, 1.807) is 18.9 Å². The van der Waals surface area contributed by atoms with Crippen molar-refractivity contribution in [1.82, 2.24) is 30.1 Å². The summed E-state index contributed by atoms with van der Waals surface area (Å²) in [5, 5.41) is 13.0. The van der Waals surface area contributed by atoms with Crippen LogP contribution in [0.25, 0.3) is 10.9 Å². The summed E-state index contributed by atoms with van der Waals surface area (Å²) in [5.74, 6) is 1.44. The van der Waals surface area contributed by atoms with Crippen LogP contribution in [0, 0.1) is 0 Å². The van der Waals surface area contributed by atoms with Gasteiger partial charge in [-0.25, -0.2) is 4.68 Å². The molecule has 31 heavy (non-hydrogen) atoms. The van der Waals surface area contributed by atoms with Crippen LogP contribution in [0.5, 0.6) is 5.75 Å². The van der Waals surface area contributed by atoms with Gasteiger partial charge in [-0.3, -0.25) is 9.69 Å². The molecule has 10 nitrogen and oxygen atoms in total. The Hall–Kier alpha value is -2.82. The van der Waals surface area contributed by atoms with Crippen molar-refractivity contribution in [3.8, 4) is 5.75 Å². The number of aromatic amines is 1. The molecule has 1 aliphatic heterocycles. The summed E-state index contributed by atoms with van der Waals surface area (Å²) in [6.45, 7) is 3.56. The van der Waals surface area contributed by atoms with Crippen LogP contribution in [-0.2, 0) is 29.1 Å². The molecule has 10 heteroatoms. The summed E-state index contributed by atoms with van der Waals surface area (Å²) in [7, 11) is 3.26. The largest absolute Gasteiger partial charge is 0.497 e. The number of tetrazole rings is 1. The molecular formula is C21H28N6O4. The molecule has 1 N–H and O–H groups in total. The quantitative estimate of drug-likeness (QED) is 0.516. The van der Waals surface area contributed by atoms with Gasteiger partial charge in [-0.2, -0.15) is 0 Å². The Bertz CT molecular complexity index is 1060. The van der Waals surface area contributed by atoms with Crippen LogP contribution in [0.3, 0.4) is 0 Å². The molecule has 1 aromatic carbocycles. The Balaban J connectivity index is 1.57. The fourth-order valence-electron chi connectivity index (χ4n) is 3.86. The molecule has 0 saturated carbocycles. The van der Waals surface area contributed by atoms with Gasteiger partial charge < -0.3 is 19.2 Å². The first-order valence-corrected chi connectivity index (χ1v) is 10.4. The summed E-state index contributed by atoms with van der Waals surface area (Å²) in [6.07, 6.45) is 2.22. The number of hydrogen-bond donors (Lipinski definition) is 1. The van der Waals surface area contributed by atoms with Crippen LogP contribution in [0.1, 0.15) is 24.2 Å². The lowest BCUT2D eigenvalue weighted by Gasteiger charge is -2.24. The molecule has 0 amide bonds. The molecule has 1 fully saturated rings. The van der Waals surface area contributed by atoms with Crippen LogP contribution in [-0.4, -0.2) is 70.2 Å². The SMILES string of the molecule is COCCn1nnnc1CN(Cc1cc2ccc(OC)cc2[nH]c1=O)CC1CCCO1.